The van der Waals surface area contributed by atoms with Gasteiger partial charge in [0.1, 0.15) is 6.33 Å². The van der Waals surface area contributed by atoms with Gasteiger partial charge in [0.15, 0.2) is 0 Å². The molecule has 0 unspecified atom stereocenters. The van der Waals surface area contributed by atoms with E-state index in [1.807, 2.05) is 0 Å². The van der Waals surface area contributed by atoms with E-state index in [-0.39, 0.29) is 0 Å². The van der Waals surface area contributed by atoms with Gasteiger partial charge < -0.3 is 5.32 Å². The fourth-order valence-electron chi connectivity index (χ4n) is 2.39. The van der Waals surface area contributed by atoms with Crippen LogP contribution in [0.4, 0.5) is 13.2 Å². The molecule has 0 bridgehead atoms. The first-order chi connectivity index (χ1) is 12.3. The molecular weight excluding hydrogens is 347 g/mol. The second-order valence-electron chi connectivity index (χ2n) is 5.62. The lowest BCUT2D eigenvalue weighted by Crippen LogP contribution is -2.26. The van der Waals surface area contributed by atoms with Crippen molar-refractivity contribution in [2.75, 3.05) is 0 Å². The molecule has 1 atom stereocenters. The highest BCUT2D eigenvalue weighted by Gasteiger charge is 2.30. The number of benzene rings is 2. The Morgan fingerprint density at radius 2 is 1.88 bits per heavy atom. The van der Waals surface area contributed by atoms with Crippen molar-refractivity contribution in [2.24, 2.45) is 0 Å². The lowest BCUT2D eigenvalue weighted by Gasteiger charge is -2.16. The Balaban J connectivity index is 1.71. The summed E-state index contributed by atoms with van der Waals surface area (Å²) in [5, 5.41) is 13.5. The minimum atomic E-state index is -4.42. The van der Waals surface area contributed by atoms with E-state index < -0.39 is 23.7 Å². The van der Waals surface area contributed by atoms with Gasteiger partial charge in [-0.15, -0.1) is 5.10 Å². The number of carbonyl (C=O) groups is 1. The topological polar surface area (TPSA) is 72.7 Å². The van der Waals surface area contributed by atoms with Crippen LogP contribution in [0.3, 0.4) is 0 Å². The van der Waals surface area contributed by atoms with E-state index >= 15 is 0 Å². The molecule has 1 aromatic heterocycles. The number of hydrogen-bond acceptors (Lipinski definition) is 4. The zero-order valence-corrected chi connectivity index (χ0v) is 13.6. The molecule has 0 fully saturated rings. The Kier molecular flexibility index (Phi) is 4.70. The minimum Gasteiger partial charge on any atom is -0.346 e. The summed E-state index contributed by atoms with van der Waals surface area (Å²) in [7, 11) is 0. The number of aromatic nitrogens is 4. The van der Waals surface area contributed by atoms with Gasteiger partial charge in [-0.3, -0.25) is 4.79 Å². The molecule has 1 N–H and O–H groups in total. The number of tetrazole rings is 1. The van der Waals surface area contributed by atoms with Crippen molar-refractivity contribution in [2.45, 2.75) is 19.1 Å². The molecule has 0 aliphatic carbocycles. The molecule has 1 heterocycles. The van der Waals surface area contributed by atoms with E-state index in [2.05, 4.69) is 20.8 Å². The highest BCUT2D eigenvalue weighted by molar-refractivity contribution is 5.94. The highest BCUT2D eigenvalue weighted by atomic mass is 19.4. The number of amides is 1. The molecule has 134 valence electrons. The van der Waals surface area contributed by atoms with Crippen molar-refractivity contribution in [3.63, 3.8) is 0 Å². The average molecular weight is 361 g/mol. The van der Waals surface area contributed by atoms with Gasteiger partial charge in [0, 0.05) is 5.56 Å². The zero-order valence-electron chi connectivity index (χ0n) is 13.6. The second kappa shape index (κ2) is 6.95. The molecule has 0 saturated carbocycles. The first kappa shape index (κ1) is 17.6. The number of nitrogens with one attached hydrogen (secondary N) is 1. The smallest absolute Gasteiger partial charge is 0.346 e. The van der Waals surface area contributed by atoms with Gasteiger partial charge in [-0.1, -0.05) is 12.1 Å². The number of rotatable bonds is 4. The molecule has 9 heteroatoms. The maximum Gasteiger partial charge on any atom is 0.416 e. The van der Waals surface area contributed by atoms with Crippen molar-refractivity contribution < 1.29 is 18.0 Å². The third-order valence-electron chi connectivity index (χ3n) is 3.80. The van der Waals surface area contributed by atoms with E-state index in [9.17, 15) is 18.0 Å². The Bertz CT molecular complexity index is 892. The molecule has 26 heavy (non-hydrogen) atoms. The first-order valence-electron chi connectivity index (χ1n) is 7.66. The fourth-order valence-corrected chi connectivity index (χ4v) is 2.39. The largest absolute Gasteiger partial charge is 0.416 e. The SMILES string of the molecule is C[C@H](NC(=O)c1ccc(-n2cnnn2)cc1)c1cccc(C(F)(F)F)c1. The van der Waals surface area contributed by atoms with Crippen LogP contribution in [-0.4, -0.2) is 26.1 Å². The van der Waals surface area contributed by atoms with E-state index in [1.165, 1.54) is 17.1 Å². The van der Waals surface area contributed by atoms with Gasteiger partial charge in [-0.25, -0.2) is 4.68 Å². The summed E-state index contributed by atoms with van der Waals surface area (Å²) in [6.07, 6.45) is -3.00. The third kappa shape index (κ3) is 3.88. The minimum absolute atomic E-state index is 0.374. The van der Waals surface area contributed by atoms with Crippen LogP contribution in [-0.2, 0) is 6.18 Å². The fraction of sp³-hybridized carbons (Fsp3) is 0.176. The molecule has 6 nitrogen and oxygen atoms in total. The Morgan fingerprint density at radius 1 is 1.15 bits per heavy atom. The van der Waals surface area contributed by atoms with Crippen LogP contribution in [0.5, 0.6) is 0 Å². The van der Waals surface area contributed by atoms with Gasteiger partial charge in [-0.2, -0.15) is 13.2 Å². The van der Waals surface area contributed by atoms with Crippen molar-refractivity contribution in [3.8, 4) is 5.69 Å². The summed E-state index contributed by atoms with van der Waals surface area (Å²) in [5.41, 5.74) is 0.679. The molecule has 3 rings (SSSR count). The van der Waals surface area contributed by atoms with Crippen molar-refractivity contribution in [1.29, 1.82) is 0 Å². The lowest BCUT2D eigenvalue weighted by molar-refractivity contribution is -0.137. The van der Waals surface area contributed by atoms with Crippen LogP contribution in [0.25, 0.3) is 5.69 Å². The summed E-state index contributed by atoms with van der Waals surface area (Å²) >= 11 is 0. The molecule has 0 saturated heterocycles. The average Bonchev–Trinajstić information content (AvgIpc) is 3.16. The predicted octanol–water partition coefficient (Wildman–Crippen LogP) is 3.17. The molecule has 2 aromatic carbocycles. The van der Waals surface area contributed by atoms with Gasteiger partial charge in [0.05, 0.1) is 17.3 Å². The Hall–Kier alpha value is -3.23. The molecule has 0 aliphatic rings. The van der Waals surface area contributed by atoms with Gasteiger partial charge in [0.25, 0.3) is 5.91 Å². The molecule has 3 aromatic rings. The number of carbonyl (C=O) groups excluding carboxylic acids is 1. The summed E-state index contributed by atoms with van der Waals surface area (Å²) in [5.74, 6) is -0.391. The maximum absolute atomic E-state index is 12.8. The first-order valence-corrected chi connectivity index (χ1v) is 7.66. The van der Waals surface area contributed by atoms with Crippen LogP contribution in [0.15, 0.2) is 54.9 Å². The summed E-state index contributed by atoms with van der Waals surface area (Å²) in [6, 6.07) is 10.8. The normalized spacial score (nSPS) is 12.6. The van der Waals surface area contributed by atoms with Gasteiger partial charge in [0.2, 0.25) is 0 Å². The molecule has 0 aliphatic heterocycles. The standard InChI is InChI=1S/C17H14F3N5O/c1-11(13-3-2-4-14(9-13)17(18,19)20)22-16(26)12-5-7-15(8-6-12)25-10-21-23-24-25/h2-11H,1H3,(H,22,26)/t11-/m0/s1. The van der Waals surface area contributed by atoms with Gasteiger partial charge in [-0.05, 0) is 59.3 Å². The zero-order chi connectivity index (χ0) is 18.7. The maximum atomic E-state index is 12.8. The second-order valence-corrected chi connectivity index (χ2v) is 5.62. The van der Waals surface area contributed by atoms with E-state index in [4.69, 9.17) is 0 Å². The summed E-state index contributed by atoms with van der Waals surface area (Å²) in [4.78, 5) is 12.3. The number of alkyl halides is 3. The van der Waals surface area contributed by atoms with E-state index in [0.717, 1.165) is 12.1 Å². The molecular formula is C17H14F3N5O. The quantitative estimate of drug-likeness (QED) is 0.775. The van der Waals surface area contributed by atoms with Crippen molar-refractivity contribution in [3.05, 3.63) is 71.5 Å². The van der Waals surface area contributed by atoms with E-state index in [1.54, 1.807) is 37.3 Å². The highest BCUT2D eigenvalue weighted by Crippen LogP contribution is 2.30. The summed E-state index contributed by atoms with van der Waals surface area (Å²) in [6.45, 7) is 1.63. The lowest BCUT2D eigenvalue weighted by atomic mass is 10.0. The predicted molar refractivity (Wildman–Crippen MR) is 86.5 cm³/mol. The number of hydrogen-bond donors (Lipinski definition) is 1. The van der Waals surface area contributed by atoms with Crippen LogP contribution in [0.2, 0.25) is 0 Å². The Labute approximate surface area is 146 Å². The third-order valence-corrected chi connectivity index (χ3v) is 3.80. The van der Waals surface area contributed by atoms with Gasteiger partial charge >= 0.3 is 6.18 Å². The van der Waals surface area contributed by atoms with Crippen LogP contribution >= 0.6 is 0 Å². The molecule has 0 spiro atoms. The monoisotopic (exact) mass is 361 g/mol. The molecule has 1 amide bonds. The van der Waals surface area contributed by atoms with Crippen LogP contribution in [0.1, 0.15) is 34.5 Å². The number of halogens is 3. The summed E-state index contributed by atoms with van der Waals surface area (Å²) < 4.78 is 39.9. The van der Waals surface area contributed by atoms with Crippen molar-refractivity contribution in [1.82, 2.24) is 25.5 Å². The number of nitrogens with zero attached hydrogens (tertiary/aromatic N) is 4. The molecule has 0 radical (unpaired) electrons. The van der Waals surface area contributed by atoms with Crippen molar-refractivity contribution >= 4 is 5.91 Å². The van der Waals surface area contributed by atoms with Crippen LogP contribution in [0, 0.1) is 0 Å². The van der Waals surface area contributed by atoms with Crippen LogP contribution < -0.4 is 5.32 Å². The van der Waals surface area contributed by atoms with E-state index in [0.29, 0.717) is 16.8 Å². The Morgan fingerprint density at radius 3 is 2.50 bits per heavy atom.